The Bertz CT molecular complexity index is 242. The zero-order chi connectivity index (χ0) is 7.56. The van der Waals surface area contributed by atoms with Crippen LogP contribution in [0.2, 0.25) is 0 Å². The van der Waals surface area contributed by atoms with Gasteiger partial charge in [-0.2, -0.15) is 0 Å². The quantitative estimate of drug-likeness (QED) is 0.274. The summed E-state index contributed by atoms with van der Waals surface area (Å²) in [6, 6.07) is 0. The molecule has 0 atom stereocenters. The van der Waals surface area contributed by atoms with Gasteiger partial charge in [0, 0.05) is 5.69 Å². The number of nitrogens with two attached hydrogens (primary N) is 1. The summed E-state index contributed by atoms with van der Waals surface area (Å²) in [7, 11) is 0. The lowest BCUT2D eigenvalue weighted by Gasteiger charge is -1.93. The predicted octanol–water partition coefficient (Wildman–Crippen LogP) is -0.678. The molecule has 54 valence electrons. The molecule has 0 spiro atoms. The molecule has 0 aliphatic heterocycles. The maximum Gasteiger partial charge on any atom is 0.285 e. The molecular weight excluding hydrogens is 132 g/mol. The van der Waals surface area contributed by atoms with E-state index in [4.69, 9.17) is 5.84 Å². The fraction of sp³-hybridized carbons (Fsp3) is 0.200. The number of aromatic amines is 1. The first-order valence-electron chi connectivity index (χ1n) is 2.76. The van der Waals surface area contributed by atoms with Gasteiger partial charge in [-0.05, 0) is 6.92 Å². The van der Waals surface area contributed by atoms with Crippen molar-refractivity contribution >= 4 is 5.91 Å². The number of hydrogen-bond acceptors (Lipinski definition) is 3. The standard InChI is InChI=1S/C5H8N4O/c1-3-4(5(10)9-6)8-2-7-3/h2H,6H2,1H3,(H,7,8)(H,9,10). The third-order valence-electron chi connectivity index (χ3n) is 1.18. The van der Waals surface area contributed by atoms with Crippen LogP contribution in [0.1, 0.15) is 16.2 Å². The zero-order valence-electron chi connectivity index (χ0n) is 5.51. The van der Waals surface area contributed by atoms with Gasteiger partial charge in [0.05, 0.1) is 6.33 Å². The molecule has 0 aromatic carbocycles. The molecule has 5 nitrogen and oxygen atoms in total. The van der Waals surface area contributed by atoms with E-state index >= 15 is 0 Å². The van der Waals surface area contributed by atoms with E-state index in [1.807, 2.05) is 5.43 Å². The molecule has 10 heavy (non-hydrogen) atoms. The second-order valence-electron chi connectivity index (χ2n) is 1.85. The lowest BCUT2D eigenvalue weighted by Crippen LogP contribution is -2.30. The molecule has 0 saturated carbocycles. The van der Waals surface area contributed by atoms with Crippen molar-refractivity contribution in [3.8, 4) is 0 Å². The van der Waals surface area contributed by atoms with Crippen LogP contribution in [-0.4, -0.2) is 15.9 Å². The Labute approximate surface area is 57.6 Å². The van der Waals surface area contributed by atoms with Crippen molar-refractivity contribution in [3.63, 3.8) is 0 Å². The lowest BCUT2D eigenvalue weighted by molar-refractivity contribution is 0.0948. The highest BCUT2D eigenvalue weighted by Gasteiger charge is 2.08. The SMILES string of the molecule is Cc1[nH]cnc1C(=O)NN. The molecule has 4 N–H and O–H groups in total. The summed E-state index contributed by atoms with van der Waals surface area (Å²) < 4.78 is 0. The van der Waals surface area contributed by atoms with Crippen LogP contribution in [-0.2, 0) is 0 Å². The molecule has 0 fully saturated rings. The molecule has 1 rings (SSSR count). The van der Waals surface area contributed by atoms with Gasteiger partial charge in [0.25, 0.3) is 5.91 Å². The maximum absolute atomic E-state index is 10.8. The minimum Gasteiger partial charge on any atom is -0.348 e. The van der Waals surface area contributed by atoms with Crippen LogP contribution in [0.25, 0.3) is 0 Å². The Morgan fingerprint density at radius 3 is 3.00 bits per heavy atom. The van der Waals surface area contributed by atoms with Crippen molar-refractivity contribution in [1.82, 2.24) is 15.4 Å². The first-order chi connectivity index (χ1) is 4.75. The number of amides is 1. The van der Waals surface area contributed by atoms with Crippen LogP contribution in [0.5, 0.6) is 0 Å². The van der Waals surface area contributed by atoms with E-state index in [2.05, 4.69) is 9.97 Å². The van der Waals surface area contributed by atoms with Gasteiger partial charge in [0.15, 0.2) is 0 Å². The zero-order valence-corrected chi connectivity index (χ0v) is 5.51. The van der Waals surface area contributed by atoms with Crippen LogP contribution in [0.15, 0.2) is 6.33 Å². The third-order valence-corrected chi connectivity index (χ3v) is 1.18. The molecule has 0 bridgehead atoms. The predicted molar refractivity (Wildman–Crippen MR) is 35.0 cm³/mol. The van der Waals surface area contributed by atoms with Crippen molar-refractivity contribution in [2.75, 3.05) is 0 Å². The van der Waals surface area contributed by atoms with Gasteiger partial charge in [-0.1, -0.05) is 0 Å². The van der Waals surface area contributed by atoms with Crippen molar-refractivity contribution < 1.29 is 4.79 Å². The topological polar surface area (TPSA) is 83.8 Å². The fourth-order valence-corrected chi connectivity index (χ4v) is 0.656. The van der Waals surface area contributed by atoms with E-state index in [9.17, 15) is 4.79 Å². The number of aryl methyl sites for hydroxylation is 1. The second kappa shape index (κ2) is 2.49. The number of carbonyl (C=O) groups excluding carboxylic acids is 1. The van der Waals surface area contributed by atoms with Crippen molar-refractivity contribution in [2.24, 2.45) is 5.84 Å². The van der Waals surface area contributed by atoms with E-state index in [1.54, 1.807) is 6.92 Å². The Kier molecular flexibility index (Phi) is 1.68. The monoisotopic (exact) mass is 140 g/mol. The largest absolute Gasteiger partial charge is 0.348 e. The lowest BCUT2D eigenvalue weighted by atomic mass is 10.3. The Morgan fingerprint density at radius 1 is 1.90 bits per heavy atom. The van der Waals surface area contributed by atoms with Gasteiger partial charge in [-0.25, -0.2) is 10.8 Å². The molecule has 0 saturated heterocycles. The summed E-state index contributed by atoms with van der Waals surface area (Å²) in [5.41, 5.74) is 3.03. The number of hydrogen-bond donors (Lipinski definition) is 3. The highest BCUT2D eigenvalue weighted by molar-refractivity contribution is 5.92. The average Bonchev–Trinajstić information content (AvgIpc) is 2.34. The Morgan fingerprint density at radius 2 is 2.60 bits per heavy atom. The Hall–Kier alpha value is -1.36. The highest BCUT2D eigenvalue weighted by Crippen LogP contribution is 1.97. The second-order valence-corrected chi connectivity index (χ2v) is 1.85. The molecular formula is C5H8N4O. The highest BCUT2D eigenvalue weighted by atomic mass is 16.2. The van der Waals surface area contributed by atoms with Crippen molar-refractivity contribution in [1.29, 1.82) is 0 Å². The summed E-state index contributed by atoms with van der Waals surface area (Å²) in [5.74, 6) is 4.50. The van der Waals surface area contributed by atoms with Crippen LogP contribution in [0, 0.1) is 6.92 Å². The molecule has 1 aromatic heterocycles. The van der Waals surface area contributed by atoms with E-state index in [0.717, 1.165) is 0 Å². The number of nitrogens with zero attached hydrogens (tertiary/aromatic N) is 1. The van der Waals surface area contributed by atoms with Crippen LogP contribution in [0.3, 0.4) is 0 Å². The first kappa shape index (κ1) is 6.76. The minimum absolute atomic E-state index is 0.336. The van der Waals surface area contributed by atoms with Gasteiger partial charge < -0.3 is 4.98 Å². The number of aromatic nitrogens is 2. The van der Waals surface area contributed by atoms with Gasteiger partial charge in [-0.15, -0.1) is 0 Å². The molecule has 5 heteroatoms. The number of carbonyl (C=O) groups is 1. The molecule has 0 aliphatic carbocycles. The summed E-state index contributed by atoms with van der Waals surface area (Å²) in [6.07, 6.45) is 1.44. The van der Waals surface area contributed by atoms with Crippen LogP contribution in [0.4, 0.5) is 0 Å². The van der Waals surface area contributed by atoms with E-state index in [1.165, 1.54) is 6.33 Å². The number of nitrogens with one attached hydrogen (secondary N) is 2. The summed E-state index contributed by atoms with van der Waals surface area (Å²) in [6.45, 7) is 1.75. The molecule has 0 radical (unpaired) electrons. The Balaban J connectivity index is 2.93. The number of rotatable bonds is 1. The van der Waals surface area contributed by atoms with Crippen molar-refractivity contribution in [3.05, 3.63) is 17.7 Å². The molecule has 1 aromatic rings. The van der Waals surface area contributed by atoms with Gasteiger partial charge >= 0.3 is 0 Å². The summed E-state index contributed by atoms with van der Waals surface area (Å²) >= 11 is 0. The van der Waals surface area contributed by atoms with Crippen LogP contribution >= 0.6 is 0 Å². The van der Waals surface area contributed by atoms with Gasteiger partial charge in [0.2, 0.25) is 0 Å². The molecule has 0 unspecified atom stereocenters. The first-order valence-corrected chi connectivity index (χ1v) is 2.76. The average molecular weight is 140 g/mol. The number of H-pyrrole nitrogens is 1. The number of nitrogen functional groups attached to an aromatic ring is 1. The van der Waals surface area contributed by atoms with Crippen molar-refractivity contribution in [2.45, 2.75) is 6.92 Å². The van der Waals surface area contributed by atoms with Gasteiger partial charge in [-0.3, -0.25) is 10.2 Å². The van der Waals surface area contributed by atoms with Crippen LogP contribution < -0.4 is 11.3 Å². The van der Waals surface area contributed by atoms with Gasteiger partial charge in [0.1, 0.15) is 5.69 Å². The third kappa shape index (κ3) is 0.985. The fourth-order valence-electron chi connectivity index (χ4n) is 0.656. The van der Waals surface area contributed by atoms with E-state index < -0.39 is 0 Å². The van der Waals surface area contributed by atoms with E-state index in [0.29, 0.717) is 11.4 Å². The van der Waals surface area contributed by atoms with E-state index in [-0.39, 0.29) is 5.91 Å². The molecule has 0 aliphatic rings. The summed E-state index contributed by atoms with van der Waals surface area (Å²) in [5, 5.41) is 0. The molecule has 1 heterocycles. The number of imidazole rings is 1. The number of hydrazine groups is 1. The smallest absolute Gasteiger partial charge is 0.285 e. The normalized spacial score (nSPS) is 9.40. The maximum atomic E-state index is 10.8. The minimum atomic E-state index is -0.376. The molecule has 1 amide bonds. The summed E-state index contributed by atoms with van der Waals surface area (Å²) in [4.78, 5) is 17.3.